The molecular weight excluding hydrogens is 426 g/mol. The number of hydrogen-bond acceptors (Lipinski definition) is 4. The molecule has 168 valence electrons. The van der Waals surface area contributed by atoms with E-state index in [9.17, 15) is 14.9 Å². The van der Waals surface area contributed by atoms with Crippen molar-refractivity contribution in [3.63, 3.8) is 0 Å². The van der Waals surface area contributed by atoms with Crippen molar-refractivity contribution in [2.24, 2.45) is 11.3 Å². The highest BCUT2D eigenvalue weighted by Crippen LogP contribution is 2.41. The van der Waals surface area contributed by atoms with Crippen molar-refractivity contribution in [2.75, 3.05) is 5.32 Å². The summed E-state index contributed by atoms with van der Waals surface area (Å²) in [5, 5.41) is 15.9. The van der Waals surface area contributed by atoms with Gasteiger partial charge in [0.15, 0.2) is 0 Å². The van der Waals surface area contributed by atoms with E-state index >= 15 is 0 Å². The number of aromatic nitrogens is 2. The van der Waals surface area contributed by atoms with Gasteiger partial charge in [-0.05, 0) is 43.2 Å². The number of nitriles is 1. The Morgan fingerprint density at radius 1 is 1.31 bits per heavy atom. The fraction of sp³-hybridized carbons (Fsp3) is 0.500. The zero-order valence-electron chi connectivity index (χ0n) is 18.7. The Balaban J connectivity index is 1.57. The van der Waals surface area contributed by atoms with Crippen molar-refractivity contribution < 1.29 is 9.59 Å². The maximum atomic E-state index is 12.9. The van der Waals surface area contributed by atoms with Gasteiger partial charge in [0.1, 0.15) is 11.9 Å². The molecule has 2 aromatic heterocycles. The van der Waals surface area contributed by atoms with E-state index in [0.29, 0.717) is 22.8 Å². The molecule has 2 aliphatic rings. The molecule has 2 N–H and O–H groups in total. The lowest BCUT2D eigenvalue weighted by atomic mass is 9.85. The number of anilines is 1. The topological polar surface area (TPSA) is 99.8 Å². The molecule has 32 heavy (non-hydrogen) atoms. The van der Waals surface area contributed by atoms with Gasteiger partial charge in [0.2, 0.25) is 11.8 Å². The first kappa shape index (κ1) is 22.3. The molecule has 0 bridgehead atoms. The molecular formula is C24H28ClN5O2. The first-order chi connectivity index (χ1) is 15.2. The smallest absolute Gasteiger partial charge is 0.228 e. The number of nitrogens with zero attached hydrogens (tertiary/aromatic N) is 3. The highest BCUT2D eigenvalue weighted by molar-refractivity contribution is 6.33. The summed E-state index contributed by atoms with van der Waals surface area (Å²) >= 11 is 6.50. The number of carbonyl (C=O) groups is 2. The second-order valence-electron chi connectivity index (χ2n) is 9.73. The number of halogens is 1. The summed E-state index contributed by atoms with van der Waals surface area (Å²) in [6.07, 6.45) is 5.57. The van der Waals surface area contributed by atoms with Crippen LogP contribution in [-0.2, 0) is 22.6 Å². The molecule has 0 aromatic carbocycles. The molecule has 4 rings (SSSR count). The molecule has 0 spiro atoms. The van der Waals surface area contributed by atoms with E-state index in [1.165, 1.54) is 6.92 Å². The lowest BCUT2D eigenvalue weighted by Crippen LogP contribution is -2.40. The summed E-state index contributed by atoms with van der Waals surface area (Å²) < 4.78 is 2.16. The summed E-state index contributed by atoms with van der Waals surface area (Å²) in [6, 6.07) is 5.99. The van der Waals surface area contributed by atoms with Crippen LogP contribution in [0.15, 0.2) is 18.3 Å². The highest BCUT2D eigenvalue weighted by atomic mass is 35.5. The summed E-state index contributed by atoms with van der Waals surface area (Å²) in [4.78, 5) is 28.6. The largest absolute Gasteiger partial charge is 0.354 e. The first-order valence-corrected chi connectivity index (χ1v) is 11.4. The third-order valence-electron chi connectivity index (χ3n) is 6.40. The zero-order valence-corrected chi connectivity index (χ0v) is 19.4. The number of nitrogens with one attached hydrogen (secondary N) is 2. The van der Waals surface area contributed by atoms with Gasteiger partial charge in [-0.1, -0.05) is 31.9 Å². The summed E-state index contributed by atoms with van der Waals surface area (Å²) in [5.74, 6) is 0.0900. The number of rotatable bonds is 4. The molecule has 0 saturated heterocycles. The first-order valence-electron chi connectivity index (χ1n) is 11.0. The van der Waals surface area contributed by atoms with Crippen molar-refractivity contribution in [1.82, 2.24) is 14.9 Å². The van der Waals surface area contributed by atoms with E-state index in [1.54, 1.807) is 12.3 Å². The standard InChI is InChI=1S/C24H28ClN5O2/c1-14(31)28-17-6-4-5-15(7-17)23(32)29-22-9-18(19(25)12-27-22)20-8-16(11-26)21-10-24(2,3)13-30(20)21/h8-9,12,15,17H,4-7,10,13H2,1-3H3,(H,28,31)(H,27,29,32)/t15-,17+/m0/s1. The minimum atomic E-state index is -0.176. The molecule has 2 atom stereocenters. The Bertz CT molecular complexity index is 1110. The van der Waals surface area contributed by atoms with E-state index in [2.05, 4.69) is 40.1 Å². The van der Waals surface area contributed by atoms with Gasteiger partial charge in [-0.3, -0.25) is 9.59 Å². The third kappa shape index (κ3) is 4.51. The molecule has 2 amide bonds. The van der Waals surface area contributed by atoms with Crippen LogP contribution in [-0.4, -0.2) is 27.4 Å². The van der Waals surface area contributed by atoms with Gasteiger partial charge in [0.25, 0.3) is 0 Å². The number of pyridine rings is 1. The normalized spacial score (nSPS) is 21.5. The summed E-state index contributed by atoms with van der Waals surface area (Å²) in [7, 11) is 0. The fourth-order valence-corrected chi connectivity index (χ4v) is 5.20. The average Bonchev–Trinajstić information content (AvgIpc) is 3.21. The van der Waals surface area contributed by atoms with Crippen LogP contribution in [0.4, 0.5) is 5.82 Å². The van der Waals surface area contributed by atoms with E-state index in [-0.39, 0.29) is 29.2 Å². The van der Waals surface area contributed by atoms with E-state index in [0.717, 1.165) is 49.2 Å². The molecule has 3 heterocycles. The summed E-state index contributed by atoms with van der Waals surface area (Å²) in [6.45, 7) is 6.67. The van der Waals surface area contributed by atoms with Gasteiger partial charge >= 0.3 is 0 Å². The van der Waals surface area contributed by atoms with Crippen molar-refractivity contribution in [3.8, 4) is 17.3 Å². The Morgan fingerprint density at radius 2 is 2.09 bits per heavy atom. The lowest BCUT2D eigenvalue weighted by Gasteiger charge is -2.28. The monoisotopic (exact) mass is 453 g/mol. The predicted octanol–water partition coefficient (Wildman–Crippen LogP) is 4.29. The second kappa shape index (κ2) is 8.59. The maximum absolute atomic E-state index is 12.9. The number of fused-ring (bicyclic) bond motifs is 1. The van der Waals surface area contributed by atoms with Crippen LogP contribution in [0.25, 0.3) is 11.3 Å². The molecule has 1 aliphatic carbocycles. The Kier molecular flexibility index (Phi) is 6.00. The molecule has 1 aliphatic heterocycles. The number of amides is 2. The highest BCUT2D eigenvalue weighted by Gasteiger charge is 2.33. The van der Waals surface area contributed by atoms with Crippen LogP contribution in [0.1, 0.15) is 57.7 Å². The van der Waals surface area contributed by atoms with Crippen molar-refractivity contribution in [2.45, 2.75) is 65.5 Å². The minimum Gasteiger partial charge on any atom is -0.354 e. The minimum absolute atomic E-state index is 0.0294. The molecule has 0 unspecified atom stereocenters. The van der Waals surface area contributed by atoms with E-state index < -0.39 is 0 Å². The van der Waals surface area contributed by atoms with Crippen molar-refractivity contribution in [1.29, 1.82) is 5.26 Å². The lowest BCUT2D eigenvalue weighted by molar-refractivity contribution is -0.123. The van der Waals surface area contributed by atoms with Crippen LogP contribution in [0.2, 0.25) is 5.02 Å². The third-order valence-corrected chi connectivity index (χ3v) is 6.70. The average molecular weight is 454 g/mol. The maximum Gasteiger partial charge on any atom is 0.228 e. The number of carbonyl (C=O) groups excluding carboxylic acids is 2. The SMILES string of the molecule is CC(=O)N[C@@H]1CCC[C@H](C(=O)Nc2cc(-c3cc(C#N)c4n3CC(C)(C)C4)c(Cl)cn2)C1. The zero-order chi connectivity index (χ0) is 23.0. The van der Waals surface area contributed by atoms with Crippen molar-refractivity contribution in [3.05, 3.63) is 34.6 Å². The van der Waals surface area contributed by atoms with E-state index in [1.807, 2.05) is 6.07 Å². The Labute approximate surface area is 193 Å². The quantitative estimate of drug-likeness (QED) is 0.721. The molecule has 8 heteroatoms. The number of hydrogen-bond donors (Lipinski definition) is 2. The van der Waals surface area contributed by atoms with Crippen LogP contribution < -0.4 is 10.6 Å². The second-order valence-corrected chi connectivity index (χ2v) is 10.1. The van der Waals surface area contributed by atoms with Crippen LogP contribution in [0.3, 0.4) is 0 Å². The summed E-state index contributed by atoms with van der Waals surface area (Å²) in [5.41, 5.74) is 3.37. The van der Waals surface area contributed by atoms with Gasteiger partial charge in [-0.15, -0.1) is 0 Å². The van der Waals surface area contributed by atoms with Gasteiger partial charge in [0, 0.05) is 42.9 Å². The predicted molar refractivity (Wildman–Crippen MR) is 123 cm³/mol. The Hall–Kier alpha value is -2.85. The molecule has 7 nitrogen and oxygen atoms in total. The van der Waals surface area contributed by atoms with Gasteiger partial charge in [-0.2, -0.15) is 5.26 Å². The molecule has 0 radical (unpaired) electrons. The van der Waals surface area contributed by atoms with Gasteiger partial charge in [-0.25, -0.2) is 4.98 Å². The van der Waals surface area contributed by atoms with Crippen LogP contribution >= 0.6 is 11.6 Å². The Morgan fingerprint density at radius 3 is 2.81 bits per heavy atom. The fourth-order valence-electron chi connectivity index (χ4n) is 5.00. The molecule has 2 aromatic rings. The van der Waals surface area contributed by atoms with Gasteiger partial charge in [0.05, 0.1) is 16.3 Å². The van der Waals surface area contributed by atoms with E-state index in [4.69, 9.17) is 11.6 Å². The van der Waals surface area contributed by atoms with Crippen LogP contribution in [0, 0.1) is 22.7 Å². The van der Waals surface area contributed by atoms with Crippen molar-refractivity contribution >= 4 is 29.2 Å². The van der Waals surface area contributed by atoms with Gasteiger partial charge < -0.3 is 15.2 Å². The molecule has 1 fully saturated rings. The molecule has 1 saturated carbocycles. The van der Waals surface area contributed by atoms with Crippen LogP contribution in [0.5, 0.6) is 0 Å².